The van der Waals surface area contributed by atoms with Crippen LogP contribution in [-0.4, -0.2) is 11.6 Å². The third-order valence-corrected chi connectivity index (χ3v) is 5.82. The molecular weight excluding hydrogens is 394 g/mol. The first-order chi connectivity index (χ1) is 15.5. The number of aryl methyl sites for hydroxylation is 1. The number of aromatic nitrogens is 1. The first-order valence-electron chi connectivity index (χ1n) is 11.6. The van der Waals surface area contributed by atoms with Crippen molar-refractivity contribution in [3.8, 4) is 34.2 Å². The summed E-state index contributed by atoms with van der Waals surface area (Å²) in [5.41, 5.74) is 12.3. The number of nitrogens with two attached hydrogens (primary N) is 1. The highest BCUT2D eigenvalue weighted by molar-refractivity contribution is 5.84. The van der Waals surface area contributed by atoms with Gasteiger partial charge >= 0.3 is 0 Å². The number of pyridine rings is 1. The SMILES string of the molecule is CCCCCCCCOc1ccc(-c2c(C)c(-c3ccc(C)cc3)nc(N)c2C#N)cc1. The second-order valence-electron chi connectivity index (χ2n) is 8.34. The van der Waals surface area contributed by atoms with Crippen LogP contribution in [0, 0.1) is 25.2 Å². The van der Waals surface area contributed by atoms with Gasteiger partial charge in [0, 0.05) is 11.1 Å². The third-order valence-electron chi connectivity index (χ3n) is 5.82. The molecule has 0 atom stereocenters. The van der Waals surface area contributed by atoms with Crippen LogP contribution in [0.5, 0.6) is 5.75 Å². The number of anilines is 1. The molecule has 2 aromatic carbocycles. The van der Waals surface area contributed by atoms with Gasteiger partial charge in [0.2, 0.25) is 0 Å². The molecule has 0 aliphatic carbocycles. The maximum Gasteiger partial charge on any atom is 0.142 e. The second kappa shape index (κ2) is 11.3. The van der Waals surface area contributed by atoms with E-state index in [0.717, 1.165) is 46.7 Å². The summed E-state index contributed by atoms with van der Waals surface area (Å²) in [4.78, 5) is 4.55. The van der Waals surface area contributed by atoms with Crippen LogP contribution >= 0.6 is 0 Å². The number of hydrogen-bond donors (Lipinski definition) is 1. The molecule has 0 fully saturated rings. The molecule has 0 aliphatic rings. The van der Waals surface area contributed by atoms with E-state index < -0.39 is 0 Å². The molecule has 1 heterocycles. The van der Waals surface area contributed by atoms with Crippen molar-refractivity contribution in [1.82, 2.24) is 4.98 Å². The molecule has 0 aliphatic heterocycles. The highest BCUT2D eigenvalue weighted by Crippen LogP contribution is 2.36. The number of benzene rings is 2. The van der Waals surface area contributed by atoms with Crippen molar-refractivity contribution < 1.29 is 4.74 Å². The van der Waals surface area contributed by atoms with Crippen LogP contribution in [0.1, 0.15) is 62.1 Å². The number of nitriles is 1. The number of nitrogens with zero attached hydrogens (tertiary/aromatic N) is 2. The fourth-order valence-electron chi connectivity index (χ4n) is 3.95. The summed E-state index contributed by atoms with van der Waals surface area (Å²) in [5, 5.41) is 9.76. The Hall–Kier alpha value is -3.32. The van der Waals surface area contributed by atoms with E-state index in [1.165, 1.54) is 37.7 Å². The lowest BCUT2D eigenvalue weighted by Crippen LogP contribution is -2.03. The molecule has 2 N–H and O–H groups in total. The van der Waals surface area contributed by atoms with Gasteiger partial charge in [-0.2, -0.15) is 5.26 Å². The van der Waals surface area contributed by atoms with Gasteiger partial charge in [-0.3, -0.25) is 0 Å². The topological polar surface area (TPSA) is 71.9 Å². The van der Waals surface area contributed by atoms with Gasteiger partial charge < -0.3 is 10.5 Å². The van der Waals surface area contributed by atoms with E-state index in [0.29, 0.717) is 5.56 Å². The van der Waals surface area contributed by atoms with Crippen LogP contribution in [0.4, 0.5) is 5.82 Å². The molecule has 4 heteroatoms. The van der Waals surface area contributed by atoms with E-state index in [1.807, 2.05) is 43.3 Å². The molecule has 166 valence electrons. The zero-order chi connectivity index (χ0) is 22.9. The van der Waals surface area contributed by atoms with E-state index >= 15 is 0 Å². The summed E-state index contributed by atoms with van der Waals surface area (Å²) in [7, 11) is 0. The minimum Gasteiger partial charge on any atom is -0.494 e. The van der Waals surface area contributed by atoms with E-state index in [-0.39, 0.29) is 5.82 Å². The van der Waals surface area contributed by atoms with Gasteiger partial charge in [-0.15, -0.1) is 0 Å². The Kier molecular flexibility index (Phi) is 8.27. The molecule has 0 radical (unpaired) electrons. The average Bonchev–Trinajstić information content (AvgIpc) is 2.80. The molecule has 1 aromatic heterocycles. The fraction of sp³-hybridized carbons (Fsp3) is 0.357. The molecule has 3 rings (SSSR count). The monoisotopic (exact) mass is 427 g/mol. The van der Waals surface area contributed by atoms with E-state index in [9.17, 15) is 5.26 Å². The van der Waals surface area contributed by atoms with Gasteiger partial charge in [0.15, 0.2) is 0 Å². The Balaban J connectivity index is 1.79. The van der Waals surface area contributed by atoms with Crippen molar-refractivity contribution in [2.75, 3.05) is 12.3 Å². The highest BCUT2D eigenvalue weighted by atomic mass is 16.5. The quantitative estimate of drug-likeness (QED) is 0.347. The fourth-order valence-corrected chi connectivity index (χ4v) is 3.95. The molecule has 0 saturated heterocycles. The Bertz CT molecular complexity index is 1060. The van der Waals surface area contributed by atoms with Crippen LogP contribution in [0.3, 0.4) is 0 Å². The summed E-state index contributed by atoms with van der Waals surface area (Å²) in [6.07, 6.45) is 7.46. The molecule has 0 spiro atoms. The highest BCUT2D eigenvalue weighted by Gasteiger charge is 2.18. The molecule has 0 bridgehead atoms. The van der Waals surface area contributed by atoms with Crippen molar-refractivity contribution in [3.63, 3.8) is 0 Å². The standard InChI is InChI=1S/C28H33N3O/c1-4-5-6-7-8-9-18-32-24-16-14-22(15-17-24)26-21(3)27(31-28(30)25(26)19-29)23-12-10-20(2)11-13-23/h10-17H,4-9,18H2,1-3H3,(H2,30,31). The molecular formula is C28H33N3O. The van der Waals surface area contributed by atoms with E-state index in [1.54, 1.807) is 0 Å². The lowest BCUT2D eigenvalue weighted by molar-refractivity contribution is 0.304. The van der Waals surface area contributed by atoms with Crippen molar-refractivity contribution in [1.29, 1.82) is 5.26 Å². The van der Waals surface area contributed by atoms with Crippen LogP contribution in [0.2, 0.25) is 0 Å². The van der Waals surface area contributed by atoms with E-state index in [4.69, 9.17) is 10.5 Å². The summed E-state index contributed by atoms with van der Waals surface area (Å²) >= 11 is 0. The summed E-state index contributed by atoms with van der Waals surface area (Å²) in [6.45, 7) is 7.02. The predicted octanol–water partition coefficient (Wildman–Crippen LogP) is 7.23. The predicted molar refractivity (Wildman–Crippen MR) is 133 cm³/mol. The van der Waals surface area contributed by atoms with Crippen molar-refractivity contribution in [2.24, 2.45) is 0 Å². The lowest BCUT2D eigenvalue weighted by atomic mass is 9.92. The van der Waals surface area contributed by atoms with Gasteiger partial charge in [-0.25, -0.2) is 4.98 Å². The minimum absolute atomic E-state index is 0.257. The molecule has 3 aromatic rings. The number of hydrogen-bond acceptors (Lipinski definition) is 4. The van der Waals surface area contributed by atoms with Crippen LogP contribution < -0.4 is 10.5 Å². The van der Waals surface area contributed by atoms with Crippen LogP contribution in [0.15, 0.2) is 48.5 Å². The first kappa shape index (κ1) is 23.3. The second-order valence-corrected chi connectivity index (χ2v) is 8.34. The molecule has 0 amide bonds. The Morgan fingerprint density at radius 3 is 2.16 bits per heavy atom. The third kappa shape index (κ3) is 5.68. The lowest BCUT2D eigenvalue weighted by Gasteiger charge is -2.16. The summed E-state index contributed by atoms with van der Waals surface area (Å²) in [5.74, 6) is 1.10. The largest absolute Gasteiger partial charge is 0.494 e. The number of unbranched alkanes of at least 4 members (excludes halogenated alkanes) is 5. The Labute approximate surface area is 192 Å². The summed E-state index contributed by atoms with van der Waals surface area (Å²) < 4.78 is 5.92. The normalized spacial score (nSPS) is 10.7. The van der Waals surface area contributed by atoms with E-state index in [2.05, 4.69) is 37.0 Å². The zero-order valence-corrected chi connectivity index (χ0v) is 19.4. The minimum atomic E-state index is 0.257. The van der Waals surface area contributed by atoms with Crippen molar-refractivity contribution in [2.45, 2.75) is 59.3 Å². The van der Waals surface area contributed by atoms with Gasteiger partial charge in [0.05, 0.1) is 12.3 Å². The molecule has 4 nitrogen and oxygen atoms in total. The number of ether oxygens (including phenoxy) is 1. The average molecular weight is 428 g/mol. The van der Waals surface area contributed by atoms with Gasteiger partial charge in [-0.1, -0.05) is 81.0 Å². The maximum absolute atomic E-state index is 9.76. The molecule has 32 heavy (non-hydrogen) atoms. The number of nitrogen functional groups attached to an aromatic ring is 1. The van der Waals surface area contributed by atoms with Crippen molar-refractivity contribution >= 4 is 5.82 Å². The summed E-state index contributed by atoms with van der Waals surface area (Å²) in [6, 6.07) is 18.4. The van der Waals surface area contributed by atoms with Gasteiger partial charge in [0.1, 0.15) is 23.2 Å². The molecule has 0 unspecified atom stereocenters. The zero-order valence-electron chi connectivity index (χ0n) is 19.4. The Morgan fingerprint density at radius 2 is 1.50 bits per heavy atom. The first-order valence-corrected chi connectivity index (χ1v) is 11.6. The maximum atomic E-state index is 9.76. The molecule has 0 saturated carbocycles. The van der Waals surface area contributed by atoms with Crippen LogP contribution in [-0.2, 0) is 0 Å². The number of rotatable bonds is 10. The van der Waals surface area contributed by atoms with Crippen molar-refractivity contribution in [3.05, 3.63) is 65.2 Å². The smallest absolute Gasteiger partial charge is 0.142 e. The Morgan fingerprint density at radius 1 is 0.875 bits per heavy atom. The van der Waals surface area contributed by atoms with Gasteiger partial charge in [0.25, 0.3) is 0 Å². The van der Waals surface area contributed by atoms with Crippen LogP contribution in [0.25, 0.3) is 22.4 Å². The van der Waals surface area contributed by atoms with Gasteiger partial charge in [-0.05, 0) is 43.5 Å².